The van der Waals surface area contributed by atoms with Crippen LogP contribution in [0.5, 0.6) is 11.5 Å². The van der Waals surface area contributed by atoms with Crippen molar-refractivity contribution in [3.63, 3.8) is 0 Å². The summed E-state index contributed by atoms with van der Waals surface area (Å²) < 4.78 is 25.8. The monoisotopic (exact) mass is 496 g/mol. The van der Waals surface area contributed by atoms with Crippen molar-refractivity contribution in [3.05, 3.63) is 57.8 Å². The highest BCUT2D eigenvalue weighted by Crippen LogP contribution is 2.37. The molecule has 0 fully saturated rings. The average Bonchev–Trinajstić information content (AvgIpc) is 2.61. The van der Waals surface area contributed by atoms with Crippen molar-refractivity contribution >= 4 is 40.7 Å². The number of hydrogen-bond donors (Lipinski definition) is 1. The first-order valence-electron chi connectivity index (χ1n) is 8.59. The number of nitrogens with zero attached hydrogens (tertiary/aromatic N) is 1. The van der Waals surface area contributed by atoms with Crippen LogP contribution in [0.25, 0.3) is 0 Å². The van der Waals surface area contributed by atoms with E-state index in [9.17, 15) is 4.39 Å². The molecule has 0 amide bonds. The molecule has 0 atom stereocenters. The van der Waals surface area contributed by atoms with E-state index in [-0.39, 0.29) is 37.2 Å². The number of halogens is 4. The topological polar surface area (TPSA) is 33.7 Å². The van der Waals surface area contributed by atoms with E-state index < -0.39 is 0 Å². The van der Waals surface area contributed by atoms with E-state index >= 15 is 0 Å². The van der Waals surface area contributed by atoms with Crippen molar-refractivity contribution in [3.8, 4) is 11.5 Å². The van der Waals surface area contributed by atoms with E-state index in [0.717, 1.165) is 36.1 Å². The second-order valence-corrected chi connectivity index (χ2v) is 7.18. The van der Waals surface area contributed by atoms with Gasteiger partial charge in [0.15, 0.2) is 11.5 Å². The van der Waals surface area contributed by atoms with Crippen molar-refractivity contribution in [2.75, 3.05) is 34.3 Å². The molecule has 28 heavy (non-hydrogen) atoms. The van der Waals surface area contributed by atoms with Gasteiger partial charge in [0.1, 0.15) is 12.4 Å². The minimum absolute atomic E-state index is 0. The molecule has 4 nitrogen and oxygen atoms in total. The number of nitrogens with one attached hydrogen (secondary N) is 1. The average molecular weight is 498 g/mol. The number of ether oxygens (including phenoxy) is 2. The second kappa shape index (κ2) is 14.0. The van der Waals surface area contributed by atoms with Crippen LogP contribution in [0, 0.1) is 5.82 Å². The Hall–Kier alpha value is -1.05. The lowest BCUT2D eigenvalue weighted by atomic mass is 10.2. The fourth-order valence-electron chi connectivity index (χ4n) is 2.53. The SMILES string of the molecule is COc1cc(CNCCCN(C)C)cc(Br)c1OCc1ccccc1F.Cl.Cl. The lowest BCUT2D eigenvalue weighted by Gasteiger charge is -2.15. The van der Waals surface area contributed by atoms with E-state index in [0.29, 0.717) is 17.1 Å². The largest absolute Gasteiger partial charge is 0.493 e. The highest BCUT2D eigenvalue weighted by molar-refractivity contribution is 9.10. The van der Waals surface area contributed by atoms with Crippen LogP contribution < -0.4 is 14.8 Å². The standard InChI is InChI=1S/C20H26BrFN2O2.2ClH/c1-24(2)10-6-9-23-13-15-11-17(21)20(19(12-15)25-3)26-14-16-7-4-5-8-18(16)22;;/h4-5,7-8,11-12,23H,6,9-10,13-14H2,1-3H3;2*1H. The maximum Gasteiger partial charge on any atom is 0.175 e. The van der Waals surface area contributed by atoms with Crippen LogP contribution in [-0.4, -0.2) is 39.2 Å². The molecule has 2 aromatic rings. The summed E-state index contributed by atoms with van der Waals surface area (Å²) in [5.74, 6) is 0.925. The van der Waals surface area contributed by atoms with Gasteiger partial charge in [0, 0.05) is 12.1 Å². The molecule has 0 heterocycles. The third kappa shape index (κ3) is 8.53. The Morgan fingerprint density at radius 3 is 2.50 bits per heavy atom. The fourth-order valence-corrected chi connectivity index (χ4v) is 3.14. The summed E-state index contributed by atoms with van der Waals surface area (Å²) in [7, 11) is 5.75. The molecule has 0 saturated carbocycles. The van der Waals surface area contributed by atoms with Crippen LogP contribution in [0.2, 0.25) is 0 Å². The van der Waals surface area contributed by atoms with Crippen molar-refractivity contribution < 1.29 is 13.9 Å². The van der Waals surface area contributed by atoms with Gasteiger partial charge in [-0.15, -0.1) is 24.8 Å². The number of rotatable bonds is 10. The molecule has 158 valence electrons. The first kappa shape index (κ1) is 27.0. The second-order valence-electron chi connectivity index (χ2n) is 6.32. The summed E-state index contributed by atoms with van der Waals surface area (Å²) in [6.45, 7) is 2.90. The van der Waals surface area contributed by atoms with Crippen LogP contribution in [0.4, 0.5) is 4.39 Å². The predicted molar refractivity (Wildman–Crippen MR) is 121 cm³/mol. The zero-order chi connectivity index (χ0) is 18.9. The van der Waals surface area contributed by atoms with E-state index in [1.54, 1.807) is 25.3 Å². The summed E-state index contributed by atoms with van der Waals surface area (Å²) >= 11 is 3.54. The first-order valence-corrected chi connectivity index (χ1v) is 9.38. The van der Waals surface area contributed by atoms with Gasteiger partial charge in [-0.25, -0.2) is 4.39 Å². The van der Waals surface area contributed by atoms with Gasteiger partial charge in [0.2, 0.25) is 0 Å². The molecular weight excluding hydrogens is 470 g/mol. The summed E-state index contributed by atoms with van der Waals surface area (Å²) in [6.07, 6.45) is 1.09. The highest BCUT2D eigenvalue weighted by atomic mass is 79.9. The predicted octanol–water partition coefficient (Wildman–Crippen LogP) is 5.06. The van der Waals surface area contributed by atoms with Gasteiger partial charge in [-0.3, -0.25) is 0 Å². The Balaban J connectivity index is 0.00000364. The Labute approximate surface area is 187 Å². The zero-order valence-corrected chi connectivity index (χ0v) is 19.6. The van der Waals surface area contributed by atoms with Crippen LogP contribution >= 0.6 is 40.7 Å². The maximum atomic E-state index is 13.8. The van der Waals surface area contributed by atoms with E-state index in [2.05, 4.69) is 40.2 Å². The molecule has 0 aliphatic carbocycles. The van der Waals surface area contributed by atoms with Crippen LogP contribution in [0.3, 0.4) is 0 Å². The van der Waals surface area contributed by atoms with Crippen molar-refractivity contribution in [2.45, 2.75) is 19.6 Å². The summed E-state index contributed by atoms with van der Waals surface area (Å²) in [5, 5.41) is 3.43. The Morgan fingerprint density at radius 1 is 1.14 bits per heavy atom. The van der Waals surface area contributed by atoms with Crippen molar-refractivity contribution in [2.24, 2.45) is 0 Å². The quantitative estimate of drug-likeness (QED) is 0.465. The van der Waals surface area contributed by atoms with Gasteiger partial charge in [-0.2, -0.15) is 0 Å². The number of benzene rings is 2. The van der Waals surface area contributed by atoms with Gasteiger partial charge in [0.25, 0.3) is 0 Å². The van der Waals surface area contributed by atoms with Crippen molar-refractivity contribution in [1.29, 1.82) is 0 Å². The smallest absolute Gasteiger partial charge is 0.175 e. The van der Waals surface area contributed by atoms with Crippen molar-refractivity contribution in [1.82, 2.24) is 10.2 Å². The molecule has 2 rings (SSSR count). The van der Waals surface area contributed by atoms with E-state index in [1.165, 1.54) is 6.07 Å². The summed E-state index contributed by atoms with van der Waals surface area (Å²) in [5.41, 5.74) is 1.60. The lowest BCUT2D eigenvalue weighted by Crippen LogP contribution is -2.21. The molecule has 0 bridgehead atoms. The van der Waals surface area contributed by atoms with Gasteiger partial charge >= 0.3 is 0 Å². The fraction of sp³-hybridized carbons (Fsp3) is 0.400. The maximum absolute atomic E-state index is 13.8. The van der Waals surface area contributed by atoms with Crippen LogP contribution in [0.15, 0.2) is 40.9 Å². The third-order valence-electron chi connectivity index (χ3n) is 3.91. The third-order valence-corrected chi connectivity index (χ3v) is 4.50. The molecule has 2 aromatic carbocycles. The first-order chi connectivity index (χ1) is 12.5. The molecule has 0 spiro atoms. The minimum atomic E-state index is -0.277. The molecule has 8 heteroatoms. The molecule has 0 aliphatic rings. The van der Waals surface area contributed by atoms with Gasteiger partial charge in [-0.1, -0.05) is 18.2 Å². The van der Waals surface area contributed by atoms with Gasteiger partial charge in [0.05, 0.1) is 11.6 Å². The summed E-state index contributed by atoms with van der Waals surface area (Å²) in [4.78, 5) is 2.17. The molecule has 0 unspecified atom stereocenters. The number of hydrogen-bond acceptors (Lipinski definition) is 4. The zero-order valence-electron chi connectivity index (χ0n) is 16.3. The Kier molecular flexibility index (Phi) is 13.5. The van der Waals surface area contributed by atoms with Crippen LogP contribution in [0.1, 0.15) is 17.5 Å². The van der Waals surface area contributed by atoms with Crippen LogP contribution in [-0.2, 0) is 13.2 Å². The molecule has 0 aliphatic heterocycles. The Morgan fingerprint density at radius 2 is 1.86 bits per heavy atom. The molecule has 0 aromatic heterocycles. The molecular formula is C20H28BrCl2FN2O2. The van der Waals surface area contributed by atoms with Gasteiger partial charge < -0.3 is 19.7 Å². The summed E-state index contributed by atoms with van der Waals surface area (Å²) in [6, 6.07) is 10.5. The normalized spacial score (nSPS) is 10.2. The van der Waals surface area contributed by atoms with E-state index in [4.69, 9.17) is 9.47 Å². The molecule has 0 radical (unpaired) electrons. The molecule has 1 N–H and O–H groups in total. The minimum Gasteiger partial charge on any atom is -0.493 e. The molecule has 0 saturated heterocycles. The Bertz CT molecular complexity index is 721. The lowest BCUT2D eigenvalue weighted by molar-refractivity contribution is 0.277. The number of methoxy groups -OCH3 is 1. The van der Waals surface area contributed by atoms with Gasteiger partial charge in [-0.05, 0) is 73.3 Å². The van der Waals surface area contributed by atoms with E-state index in [1.807, 2.05) is 12.1 Å². The highest BCUT2D eigenvalue weighted by Gasteiger charge is 2.13.